The molecule has 0 aromatic carbocycles. The van der Waals surface area contributed by atoms with Crippen molar-refractivity contribution in [2.24, 2.45) is 0 Å². The van der Waals surface area contributed by atoms with E-state index >= 15 is 0 Å². The Bertz CT molecular complexity index is 125. The van der Waals surface area contributed by atoms with Gasteiger partial charge < -0.3 is 4.90 Å². The van der Waals surface area contributed by atoms with Gasteiger partial charge in [-0.1, -0.05) is 6.92 Å². The van der Waals surface area contributed by atoms with Gasteiger partial charge in [0.1, 0.15) is 6.67 Å². The van der Waals surface area contributed by atoms with Crippen molar-refractivity contribution >= 4 is 0 Å². The first kappa shape index (κ1) is 7.41. The Kier molecular flexibility index (Phi) is 2.57. The van der Waals surface area contributed by atoms with Gasteiger partial charge in [0, 0.05) is 19.4 Å². The largest absolute Gasteiger partial charge is 0.360 e. The molecule has 0 bridgehead atoms. The molecule has 0 N–H and O–H groups in total. The predicted octanol–water partition coefficient (Wildman–Crippen LogP) is 1.00. The Hall–Kier alpha value is -0.700. The van der Waals surface area contributed by atoms with Crippen LogP contribution in [0, 0.1) is 0 Å². The van der Waals surface area contributed by atoms with Gasteiger partial charge >= 0.3 is 0 Å². The van der Waals surface area contributed by atoms with E-state index in [-0.39, 0.29) is 0 Å². The molecule has 0 aromatic rings. The minimum atomic E-state index is 0.804. The van der Waals surface area contributed by atoms with Gasteiger partial charge in [0.25, 0.3) is 0 Å². The van der Waals surface area contributed by atoms with Crippen LogP contribution in [0.4, 0.5) is 0 Å². The quantitative estimate of drug-likeness (QED) is 0.584. The van der Waals surface area contributed by atoms with Gasteiger partial charge in [-0.3, -0.25) is 4.84 Å². The van der Waals surface area contributed by atoms with Crippen molar-refractivity contribution in [1.82, 2.24) is 9.96 Å². The van der Waals surface area contributed by atoms with E-state index < -0.39 is 0 Å². The number of hydroxylamine groups is 2. The third-order valence-corrected chi connectivity index (χ3v) is 1.31. The number of hydrogen-bond donors (Lipinski definition) is 0. The van der Waals surface area contributed by atoms with Crippen molar-refractivity contribution in [2.75, 3.05) is 20.3 Å². The third kappa shape index (κ3) is 1.92. The molecule has 0 fully saturated rings. The smallest absolute Gasteiger partial charge is 0.115 e. The van der Waals surface area contributed by atoms with Crippen LogP contribution < -0.4 is 0 Å². The predicted molar refractivity (Wildman–Crippen MR) is 39.9 cm³/mol. The van der Waals surface area contributed by atoms with E-state index in [1.54, 1.807) is 0 Å². The Morgan fingerprint density at radius 3 is 2.80 bits per heavy atom. The summed E-state index contributed by atoms with van der Waals surface area (Å²) >= 11 is 0. The second-order valence-corrected chi connectivity index (χ2v) is 2.45. The maximum absolute atomic E-state index is 5.33. The van der Waals surface area contributed by atoms with Crippen molar-refractivity contribution in [3.63, 3.8) is 0 Å². The van der Waals surface area contributed by atoms with Crippen LogP contribution in [0.25, 0.3) is 0 Å². The zero-order chi connectivity index (χ0) is 7.40. The van der Waals surface area contributed by atoms with Crippen LogP contribution in [0.5, 0.6) is 0 Å². The van der Waals surface area contributed by atoms with E-state index in [9.17, 15) is 0 Å². The summed E-state index contributed by atoms with van der Waals surface area (Å²) in [7, 11) is 2.02. The lowest BCUT2D eigenvalue weighted by Crippen LogP contribution is -2.22. The molecule has 1 rings (SSSR count). The lowest BCUT2D eigenvalue weighted by atomic mass is 10.5. The van der Waals surface area contributed by atoms with Gasteiger partial charge in [-0.25, -0.2) is 5.06 Å². The summed E-state index contributed by atoms with van der Waals surface area (Å²) in [5, 5.41) is 1.84. The molecule has 3 nitrogen and oxygen atoms in total. The SMILES string of the molecule is CCCON1C=CN(C)C1. The Labute approximate surface area is 61.8 Å². The van der Waals surface area contributed by atoms with Crippen LogP contribution in [-0.2, 0) is 4.84 Å². The van der Waals surface area contributed by atoms with Crippen molar-refractivity contribution in [3.8, 4) is 0 Å². The minimum Gasteiger partial charge on any atom is -0.360 e. The Morgan fingerprint density at radius 1 is 1.50 bits per heavy atom. The lowest BCUT2D eigenvalue weighted by Gasteiger charge is -2.16. The number of nitrogens with zero attached hydrogens (tertiary/aromatic N) is 2. The zero-order valence-corrected chi connectivity index (χ0v) is 6.58. The van der Waals surface area contributed by atoms with Gasteiger partial charge in [-0.05, 0) is 6.42 Å². The highest BCUT2D eigenvalue weighted by molar-refractivity contribution is 4.84. The molecule has 1 aliphatic rings. The molecule has 10 heavy (non-hydrogen) atoms. The van der Waals surface area contributed by atoms with E-state index in [0.717, 1.165) is 19.7 Å². The molecule has 1 heterocycles. The summed E-state index contributed by atoms with van der Waals surface area (Å²) < 4.78 is 0. The van der Waals surface area contributed by atoms with E-state index in [1.807, 2.05) is 24.5 Å². The van der Waals surface area contributed by atoms with Gasteiger partial charge in [0.15, 0.2) is 0 Å². The van der Waals surface area contributed by atoms with Crippen LogP contribution in [0.3, 0.4) is 0 Å². The standard InChI is InChI=1S/C7H14N2O/c1-3-6-10-9-5-4-8(2)7-9/h4-5H,3,6-7H2,1-2H3. The molecule has 0 aromatic heterocycles. The summed E-state index contributed by atoms with van der Waals surface area (Å²) in [6.07, 6.45) is 5.00. The van der Waals surface area contributed by atoms with E-state index in [4.69, 9.17) is 4.84 Å². The lowest BCUT2D eigenvalue weighted by molar-refractivity contribution is -0.126. The molecule has 0 atom stereocenters. The molecule has 0 spiro atoms. The molecule has 0 saturated carbocycles. The first-order valence-electron chi connectivity index (χ1n) is 3.61. The topological polar surface area (TPSA) is 15.7 Å². The van der Waals surface area contributed by atoms with Gasteiger partial charge in [0.2, 0.25) is 0 Å². The highest BCUT2D eigenvalue weighted by Gasteiger charge is 2.06. The second kappa shape index (κ2) is 3.46. The first-order chi connectivity index (χ1) is 4.83. The second-order valence-electron chi connectivity index (χ2n) is 2.45. The summed E-state index contributed by atoms with van der Waals surface area (Å²) in [6, 6.07) is 0. The van der Waals surface area contributed by atoms with Crippen LogP contribution in [0.15, 0.2) is 12.4 Å². The fraction of sp³-hybridized carbons (Fsp3) is 0.714. The molecular weight excluding hydrogens is 128 g/mol. The molecule has 3 heteroatoms. The van der Waals surface area contributed by atoms with Gasteiger partial charge in [-0.2, -0.15) is 0 Å². The van der Waals surface area contributed by atoms with E-state index in [2.05, 4.69) is 11.8 Å². The van der Waals surface area contributed by atoms with Crippen molar-refractivity contribution in [2.45, 2.75) is 13.3 Å². The van der Waals surface area contributed by atoms with Crippen LogP contribution in [0.1, 0.15) is 13.3 Å². The van der Waals surface area contributed by atoms with Gasteiger partial charge in [-0.15, -0.1) is 0 Å². The van der Waals surface area contributed by atoms with Gasteiger partial charge in [0.05, 0.1) is 6.61 Å². The van der Waals surface area contributed by atoms with E-state index in [1.165, 1.54) is 0 Å². The molecule has 0 unspecified atom stereocenters. The maximum atomic E-state index is 5.33. The van der Waals surface area contributed by atoms with Crippen molar-refractivity contribution in [1.29, 1.82) is 0 Å². The summed E-state index contributed by atoms with van der Waals surface area (Å²) in [6.45, 7) is 3.75. The minimum absolute atomic E-state index is 0.804. The number of hydrogen-bond acceptors (Lipinski definition) is 3. The first-order valence-corrected chi connectivity index (χ1v) is 3.61. The maximum Gasteiger partial charge on any atom is 0.115 e. The molecular formula is C7H14N2O. The third-order valence-electron chi connectivity index (χ3n) is 1.31. The molecule has 0 amide bonds. The highest BCUT2D eigenvalue weighted by Crippen LogP contribution is 2.03. The number of rotatable bonds is 3. The van der Waals surface area contributed by atoms with Crippen LogP contribution in [-0.4, -0.2) is 30.3 Å². The van der Waals surface area contributed by atoms with Crippen molar-refractivity contribution in [3.05, 3.63) is 12.4 Å². The highest BCUT2D eigenvalue weighted by atomic mass is 16.7. The Morgan fingerprint density at radius 2 is 2.30 bits per heavy atom. The normalized spacial score (nSPS) is 17.0. The zero-order valence-electron chi connectivity index (χ0n) is 6.58. The summed E-state index contributed by atoms with van der Waals surface area (Å²) in [5.41, 5.74) is 0. The van der Waals surface area contributed by atoms with Crippen LogP contribution in [0.2, 0.25) is 0 Å². The average Bonchev–Trinajstić information content (AvgIpc) is 2.31. The molecule has 1 aliphatic heterocycles. The average molecular weight is 142 g/mol. The summed E-state index contributed by atoms with van der Waals surface area (Å²) in [5.74, 6) is 0. The van der Waals surface area contributed by atoms with Crippen molar-refractivity contribution < 1.29 is 4.84 Å². The molecule has 0 radical (unpaired) electrons. The molecule has 0 saturated heterocycles. The van der Waals surface area contributed by atoms with E-state index in [0.29, 0.717) is 0 Å². The molecule has 0 aliphatic carbocycles. The fourth-order valence-electron chi connectivity index (χ4n) is 0.795. The van der Waals surface area contributed by atoms with Crippen LogP contribution >= 0.6 is 0 Å². The Balaban J connectivity index is 2.14. The fourth-order valence-corrected chi connectivity index (χ4v) is 0.795. The molecule has 58 valence electrons. The summed E-state index contributed by atoms with van der Waals surface area (Å²) in [4.78, 5) is 7.39. The monoisotopic (exact) mass is 142 g/mol.